The predicted molar refractivity (Wildman–Crippen MR) is 63.8 cm³/mol. The molecule has 0 N–H and O–H groups in total. The molecule has 0 saturated carbocycles. The van der Waals surface area contributed by atoms with Crippen LogP contribution in [0.2, 0.25) is 0 Å². The molecule has 0 heterocycles. The highest BCUT2D eigenvalue weighted by Crippen LogP contribution is 2.13. The average molecular weight is 214 g/mol. The van der Waals surface area contributed by atoms with Crippen LogP contribution >= 0.6 is 0 Å². The first-order chi connectivity index (χ1) is 7.20. The van der Waals surface area contributed by atoms with Crippen LogP contribution in [0.1, 0.15) is 65.7 Å². The van der Waals surface area contributed by atoms with Gasteiger partial charge in [-0.15, -0.1) is 0 Å². The Labute approximate surface area is 94.4 Å². The number of carbonyl (C=O) groups is 1. The van der Waals surface area contributed by atoms with Crippen molar-refractivity contribution in [2.45, 2.75) is 65.7 Å². The molecule has 2 heteroatoms. The number of rotatable bonds is 9. The van der Waals surface area contributed by atoms with Gasteiger partial charge in [-0.2, -0.15) is 0 Å². The largest absolute Gasteiger partial charge is 0.466 e. The number of carbonyl (C=O) groups excluding carboxylic acids is 1. The summed E-state index contributed by atoms with van der Waals surface area (Å²) in [6, 6.07) is 0. The Balaban J connectivity index is 3.40. The lowest BCUT2D eigenvalue weighted by atomic mass is 10.0. The molecule has 0 fully saturated rings. The van der Waals surface area contributed by atoms with Crippen molar-refractivity contribution in [3.8, 4) is 0 Å². The molecule has 0 aliphatic carbocycles. The van der Waals surface area contributed by atoms with E-state index >= 15 is 0 Å². The minimum Gasteiger partial charge on any atom is -0.466 e. The van der Waals surface area contributed by atoms with Gasteiger partial charge in [-0.05, 0) is 12.3 Å². The van der Waals surface area contributed by atoms with Crippen LogP contribution in [0.5, 0.6) is 0 Å². The zero-order valence-electron chi connectivity index (χ0n) is 10.6. The van der Waals surface area contributed by atoms with Gasteiger partial charge in [-0.1, -0.05) is 52.9 Å². The summed E-state index contributed by atoms with van der Waals surface area (Å²) in [4.78, 5) is 11.3. The van der Waals surface area contributed by atoms with E-state index in [0.29, 0.717) is 18.9 Å². The molecular weight excluding hydrogens is 188 g/mol. The first kappa shape index (κ1) is 14.5. The summed E-state index contributed by atoms with van der Waals surface area (Å²) in [6.07, 6.45) is 7.56. The van der Waals surface area contributed by atoms with Crippen LogP contribution in [0, 0.1) is 5.92 Å². The number of esters is 1. The van der Waals surface area contributed by atoms with Gasteiger partial charge < -0.3 is 4.74 Å². The smallest absolute Gasteiger partial charge is 0.306 e. The molecule has 0 aromatic carbocycles. The highest BCUT2D eigenvalue weighted by molar-refractivity contribution is 5.69. The van der Waals surface area contributed by atoms with Crippen LogP contribution in [0.25, 0.3) is 0 Å². The minimum absolute atomic E-state index is 0.0209. The van der Waals surface area contributed by atoms with Gasteiger partial charge in [0.1, 0.15) is 0 Å². The van der Waals surface area contributed by atoms with Crippen molar-refractivity contribution in [3.05, 3.63) is 0 Å². The molecular formula is C13H26O2. The minimum atomic E-state index is -0.0209. The number of unbranched alkanes of at least 4 members (excludes halogenated alkanes) is 3. The predicted octanol–water partition coefficient (Wildman–Crippen LogP) is 3.94. The molecule has 2 nitrogen and oxygen atoms in total. The van der Waals surface area contributed by atoms with Crippen LogP contribution in [0.4, 0.5) is 0 Å². The van der Waals surface area contributed by atoms with Crippen LogP contribution in [0.15, 0.2) is 0 Å². The summed E-state index contributed by atoms with van der Waals surface area (Å²) in [5.74, 6) is 0.457. The second-order valence-electron chi connectivity index (χ2n) is 4.38. The molecule has 0 rings (SSSR count). The van der Waals surface area contributed by atoms with Gasteiger partial charge in [-0.3, -0.25) is 4.79 Å². The monoisotopic (exact) mass is 214 g/mol. The molecule has 0 amide bonds. The molecule has 0 aliphatic heterocycles. The van der Waals surface area contributed by atoms with Crippen molar-refractivity contribution in [3.63, 3.8) is 0 Å². The Bertz CT molecular complexity index is 155. The van der Waals surface area contributed by atoms with Crippen LogP contribution < -0.4 is 0 Å². The van der Waals surface area contributed by atoms with E-state index in [4.69, 9.17) is 4.74 Å². The lowest BCUT2D eigenvalue weighted by Crippen LogP contribution is -2.10. The summed E-state index contributed by atoms with van der Waals surface area (Å²) in [6.45, 7) is 7.03. The first-order valence-corrected chi connectivity index (χ1v) is 6.36. The number of ether oxygens (including phenoxy) is 1. The second kappa shape index (κ2) is 10.0. The maximum absolute atomic E-state index is 11.3. The van der Waals surface area contributed by atoms with Crippen LogP contribution in [-0.2, 0) is 9.53 Å². The molecule has 1 atom stereocenters. The summed E-state index contributed by atoms with van der Waals surface area (Å²) in [7, 11) is 0. The Kier molecular flexibility index (Phi) is 9.65. The highest BCUT2D eigenvalue weighted by Gasteiger charge is 2.09. The molecule has 90 valence electrons. The summed E-state index contributed by atoms with van der Waals surface area (Å²) >= 11 is 0. The average Bonchev–Trinajstić information content (AvgIpc) is 2.18. The van der Waals surface area contributed by atoms with Crippen LogP contribution in [-0.4, -0.2) is 12.6 Å². The fourth-order valence-electron chi connectivity index (χ4n) is 1.52. The fourth-order valence-corrected chi connectivity index (χ4v) is 1.52. The van der Waals surface area contributed by atoms with Crippen molar-refractivity contribution in [1.82, 2.24) is 0 Å². The lowest BCUT2D eigenvalue weighted by molar-refractivity contribution is -0.144. The maximum Gasteiger partial charge on any atom is 0.306 e. The van der Waals surface area contributed by atoms with Gasteiger partial charge >= 0.3 is 5.97 Å². The van der Waals surface area contributed by atoms with E-state index in [0.717, 1.165) is 19.3 Å². The molecule has 0 aliphatic rings. The van der Waals surface area contributed by atoms with E-state index in [1.165, 1.54) is 19.3 Å². The van der Waals surface area contributed by atoms with Gasteiger partial charge in [0.2, 0.25) is 0 Å². The van der Waals surface area contributed by atoms with Crippen molar-refractivity contribution < 1.29 is 9.53 Å². The van der Waals surface area contributed by atoms with Crippen LogP contribution in [0.3, 0.4) is 0 Å². The molecule has 0 aromatic heterocycles. The summed E-state index contributed by atoms with van der Waals surface area (Å²) < 4.78 is 5.12. The highest BCUT2D eigenvalue weighted by atomic mass is 16.5. The SMILES string of the molecule is CCCCCC(C)CC(=O)OCCCC. The maximum atomic E-state index is 11.3. The summed E-state index contributed by atoms with van der Waals surface area (Å²) in [5.41, 5.74) is 0. The fraction of sp³-hybridized carbons (Fsp3) is 0.923. The molecule has 0 spiro atoms. The zero-order chi connectivity index (χ0) is 11.5. The Morgan fingerprint density at radius 3 is 2.40 bits per heavy atom. The van der Waals surface area contributed by atoms with Gasteiger partial charge in [0.15, 0.2) is 0 Å². The molecule has 0 aromatic rings. The number of hydrogen-bond acceptors (Lipinski definition) is 2. The van der Waals surface area contributed by atoms with E-state index in [-0.39, 0.29) is 5.97 Å². The lowest BCUT2D eigenvalue weighted by Gasteiger charge is -2.10. The second-order valence-corrected chi connectivity index (χ2v) is 4.38. The Hall–Kier alpha value is -0.530. The molecule has 15 heavy (non-hydrogen) atoms. The zero-order valence-corrected chi connectivity index (χ0v) is 10.6. The van der Waals surface area contributed by atoms with E-state index in [1.54, 1.807) is 0 Å². The third kappa shape index (κ3) is 9.77. The van der Waals surface area contributed by atoms with Crippen molar-refractivity contribution in [2.75, 3.05) is 6.61 Å². The Morgan fingerprint density at radius 2 is 1.80 bits per heavy atom. The molecule has 1 unspecified atom stereocenters. The number of hydrogen-bond donors (Lipinski definition) is 0. The Morgan fingerprint density at radius 1 is 1.13 bits per heavy atom. The third-order valence-corrected chi connectivity index (χ3v) is 2.58. The topological polar surface area (TPSA) is 26.3 Å². The van der Waals surface area contributed by atoms with Crippen molar-refractivity contribution in [2.24, 2.45) is 5.92 Å². The third-order valence-electron chi connectivity index (χ3n) is 2.58. The molecule has 0 saturated heterocycles. The van der Waals surface area contributed by atoms with Gasteiger partial charge in [0.05, 0.1) is 6.61 Å². The standard InChI is InChI=1S/C13H26O2/c1-4-6-8-9-12(3)11-13(14)15-10-7-5-2/h12H,4-11H2,1-3H3. The molecule has 0 radical (unpaired) electrons. The van der Waals surface area contributed by atoms with Gasteiger partial charge in [0, 0.05) is 6.42 Å². The van der Waals surface area contributed by atoms with Crippen molar-refractivity contribution in [1.29, 1.82) is 0 Å². The normalized spacial score (nSPS) is 12.5. The van der Waals surface area contributed by atoms with E-state index in [1.807, 2.05) is 0 Å². The summed E-state index contributed by atoms with van der Waals surface area (Å²) in [5, 5.41) is 0. The molecule has 0 bridgehead atoms. The van der Waals surface area contributed by atoms with E-state index in [9.17, 15) is 4.79 Å². The van der Waals surface area contributed by atoms with Gasteiger partial charge in [0.25, 0.3) is 0 Å². The quantitative estimate of drug-likeness (QED) is 0.429. The van der Waals surface area contributed by atoms with E-state index < -0.39 is 0 Å². The van der Waals surface area contributed by atoms with E-state index in [2.05, 4.69) is 20.8 Å². The van der Waals surface area contributed by atoms with Gasteiger partial charge in [-0.25, -0.2) is 0 Å². The first-order valence-electron chi connectivity index (χ1n) is 6.36. The van der Waals surface area contributed by atoms with Crippen molar-refractivity contribution >= 4 is 5.97 Å².